The molecular weight excluding hydrogens is 200 g/mol. The van der Waals surface area contributed by atoms with Gasteiger partial charge in [-0.05, 0) is 48.9 Å². The van der Waals surface area contributed by atoms with E-state index in [-0.39, 0.29) is 11.9 Å². The van der Waals surface area contributed by atoms with Crippen LogP contribution in [0, 0.1) is 0 Å². The maximum absolute atomic E-state index is 12.1. The SMILES string of the molecule is CCCC1Oc2cc3c(cc2C1=O)CCC3. The number of fused-ring (bicyclic) bond motifs is 2. The first-order valence-electron chi connectivity index (χ1n) is 6.16. The Balaban J connectivity index is 1.98. The Hall–Kier alpha value is -1.31. The number of benzene rings is 1. The molecule has 0 fully saturated rings. The van der Waals surface area contributed by atoms with E-state index >= 15 is 0 Å². The Morgan fingerprint density at radius 1 is 1.31 bits per heavy atom. The lowest BCUT2D eigenvalue weighted by atomic mass is 10.0. The average molecular weight is 216 g/mol. The van der Waals surface area contributed by atoms with E-state index in [0.717, 1.165) is 37.0 Å². The monoisotopic (exact) mass is 216 g/mol. The van der Waals surface area contributed by atoms with Gasteiger partial charge in [0.2, 0.25) is 5.78 Å². The van der Waals surface area contributed by atoms with Gasteiger partial charge in [-0.3, -0.25) is 4.79 Å². The fourth-order valence-corrected chi connectivity index (χ4v) is 2.72. The molecule has 1 heterocycles. The summed E-state index contributed by atoms with van der Waals surface area (Å²) < 4.78 is 5.74. The predicted octanol–water partition coefficient (Wildman–Crippen LogP) is 2.92. The molecule has 0 radical (unpaired) electrons. The van der Waals surface area contributed by atoms with Crippen LogP contribution in [0.1, 0.15) is 47.7 Å². The predicted molar refractivity (Wildman–Crippen MR) is 62.1 cm³/mol. The van der Waals surface area contributed by atoms with Crippen molar-refractivity contribution in [3.63, 3.8) is 0 Å². The third kappa shape index (κ3) is 1.36. The molecule has 1 aromatic carbocycles. The second-order valence-electron chi connectivity index (χ2n) is 4.73. The number of aryl methyl sites for hydroxylation is 2. The molecule has 0 N–H and O–H groups in total. The summed E-state index contributed by atoms with van der Waals surface area (Å²) in [5, 5.41) is 0. The van der Waals surface area contributed by atoms with E-state index in [1.165, 1.54) is 17.5 Å². The fraction of sp³-hybridized carbons (Fsp3) is 0.500. The first-order chi connectivity index (χ1) is 7.79. The number of hydrogen-bond donors (Lipinski definition) is 0. The molecule has 0 bridgehead atoms. The molecule has 1 aliphatic heterocycles. The van der Waals surface area contributed by atoms with E-state index in [1.54, 1.807) is 0 Å². The van der Waals surface area contributed by atoms with Crippen LogP contribution in [0.4, 0.5) is 0 Å². The van der Waals surface area contributed by atoms with E-state index in [4.69, 9.17) is 4.74 Å². The maximum Gasteiger partial charge on any atom is 0.207 e. The zero-order valence-corrected chi connectivity index (χ0v) is 9.58. The van der Waals surface area contributed by atoms with Crippen LogP contribution >= 0.6 is 0 Å². The molecular formula is C14H16O2. The minimum absolute atomic E-state index is 0.187. The van der Waals surface area contributed by atoms with E-state index < -0.39 is 0 Å². The highest BCUT2D eigenvalue weighted by molar-refractivity contribution is 6.04. The zero-order valence-electron chi connectivity index (χ0n) is 9.58. The number of hydrogen-bond acceptors (Lipinski definition) is 2. The minimum Gasteiger partial charge on any atom is -0.481 e. The van der Waals surface area contributed by atoms with Crippen molar-refractivity contribution in [2.75, 3.05) is 0 Å². The van der Waals surface area contributed by atoms with Crippen LogP contribution in [0.15, 0.2) is 12.1 Å². The Labute approximate surface area is 95.6 Å². The molecule has 2 aliphatic rings. The highest BCUT2D eigenvalue weighted by Crippen LogP contribution is 2.36. The lowest BCUT2D eigenvalue weighted by Crippen LogP contribution is -2.19. The molecule has 1 unspecified atom stereocenters. The van der Waals surface area contributed by atoms with Crippen molar-refractivity contribution in [3.8, 4) is 5.75 Å². The van der Waals surface area contributed by atoms with Crippen LogP contribution in [0.2, 0.25) is 0 Å². The van der Waals surface area contributed by atoms with E-state index in [0.29, 0.717) is 0 Å². The number of ether oxygens (including phenoxy) is 1. The van der Waals surface area contributed by atoms with Crippen LogP contribution in [-0.4, -0.2) is 11.9 Å². The van der Waals surface area contributed by atoms with Crippen molar-refractivity contribution in [1.82, 2.24) is 0 Å². The number of Topliss-reactive ketones (excluding diaryl/α,β-unsaturated/α-hetero) is 1. The van der Waals surface area contributed by atoms with E-state index in [2.05, 4.69) is 19.1 Å². The standard InChI is InChI=1S/C14H16O2/c1-2-4-12-14(15)11-7-9-5-3-6-10(9)8-13(11)16-12/h7-8,12H,2-6H2,1H3. The average Bonchev–Trinajstić information content (AvgIpc) is 2.83. The number of ketones is 1. The summed E-state index contributed by atoms with van der Waals surface area (Å²) in [5.41, 5.74) is 3.55. The first-order valence-corrected chi connectivity index (χ1v) is 6.16. The van der Waals surface area contributed by atoms with Gasteiger partial charge in [0.05, 0.1) is 5.56 Å². The van der Waals surface area contributed by atoms with Gasteiger partial charge in [-0.1, -0.05) is 13.3 Å². The maximum atomic E-state index is 12.1. The third-order valence-electron chi connectivity index (χ3n) is 3.57. The Morgan fingerprint density at radius 3 is 2.81 bits per heavy atom. The summed E-state index contributed by atoms with van der Waals surface area (Å²) in [6.45, 7) is 2.08. The van der Waals surface area contributed by atoms with Crippen molar-refractivity contribution in [2.24, 2.45) is 0 Å². The van der Waals surface area contributed by atoms with E-state index in [9.17, 15) is 4.79 Å². The molecule has 1 aromatic rings. The van der Waals surface area contributed by atoms with Gasteiger partial charge in [-0.2, -0.15) is 0 Å². The minimum atomic E-state index is -0.220. The normalized spacial score (nSPS) is 21.8. The molecule has 3 rings (SSSR count). The molecule has 0 saturated heterocycles. The number of carbonyl (C=O) groups excluding carboxylic acids is 1. The largest absolute Gasteiger partial charge is 0.481 e. The van der Waals surface area contributed by atoms with Gasteiger partial charge >= 0.3 is 0 Å². The summed E-state index contributed by atoms with van der Waals surface area (Å²) in [6.07, 6.45) is 5.07. The van der Waals surface area contributed by atoms with Gasteiger partial charge in [0.15, 0.2) is 6.10 Å². The Bertz CT molecular complexity index is 448. The van der Waals surface area contributed by atoms with Gasteiger partial charge in [0.25, 0.3) is 0 Å². The molecule has 0 saturated carbocycles. The van der Waals surface area contributed by atoms with Crippen molar-refractivity contribution in [2.45, 2.75) is 45.1 Å². The lowest BCUT2D eigenvalue weighted by molar-refractivity contribution is 0.0845. The zero-order chi connectivity index (χ0) is 11.1. The van der Waals surface area contributed by atoms with Gasteiger partial charge in [0, 0.05) is 0 Å². The molecule has 0 aromatic heterocycles. The number of carbonyl (C=O) groups is 1. The fourth-order valence-electron chi connectivity index (χ4n) is 2.72. The summed E-state index contributed by atoms with van der Waals surface area (Å²) in [5.74, 6) is 1.01. The van der Waals surface area contributed by atoms with Crippen LogP contribution in [0.5, 0.6) is 5.75 Å². The van der Waals surface area contributed by atoms with Crippen molar-refractivity contribution in [3.05, 3.63) is 28.8 Å². The third-order valence-corrected chi connectivity index (χ3v) is 3.57. The molecule has 0 spiro atoms. The summed E-state index contributed by atoms with van der Waals surface area (Å²) in [7, 11) is 0. The van der Waals surface area contributed by atoms with Crippen LogP contribution in [0.25, 0.3) is 0 Å². The summed E-state index contributed by atoms with van der Waals surface area (Å²) in [6, 6.07) is 4.15. The second-order valence-corrected chi connectivity index (χ2v) is 4.73. The van der Waals surface area contributed by atoms with Gasteiger partial charge < -0.3 is 4.74 Å². The lowest BCUT2D eigenvalue weighted by Gasteiger charge is -2.06. The first kappa shape index (κ1) is 9.88. The van der Waals surface area contributed by atoms with Gasteiger partial charge in [-0.25, -0.2) is 0 Å². The highest BCUT2D eigenvalue weighted by Gasteiger charge is 2.33. The van der Waals surface area contributed by atoms with E-state index in [1.807, 2.05) is 0 Å². The molecule has 2 heteroatoms. The highest BCUT2D eigenvalue weighted by atomic mass is 16.5. The van der Waals surface area contributed by atoms with Crippen molar-refractivity contribution >= 4 is 5.78 Å². The summed E-state index contributed by atoms with van der Waals surface area (Å²) >= 11 is 0. The molecule has 16 heavy (non-hydrogen) atoms. The molecule has 1 atom stereocenters. The van der Waals surface area contributed by atoms with Crippen molar-refractivity contribution < 1.29 is 9.53 Å². The molecule has 1 aliphatic carbocycles. The quantitative estimate of drug-likeness (QED) is 0.759. The Morgan fingerprint density at radius 2 is 2.06 bits per heavy atom. The second kappa shape index (κ2) is 3.62. The van der Waals surface area contributed by atoms with Crippen LogP contribution in [0.3, 0.4) is 0 Å². The number of rotatable bonds is 2. The smallest absolute Gasteiger partial charge is 0.207 e. The molecule has 2 nitrogen and oxygen atoms in total. The molecule has 0 amide bonds. The topological polar surface area (TPSA) is 26.3 Å². The van der Waals surface area contributed by atoms with Crippen molar-refractivity contribution in [1.29, 1.82) is 0 Å². The van der Waals surface area contributed by atoms with Gasteiger partial charge in [-0.15, -0.1) is 0 Å². The van der Waals surface area contributed by atoms with Crippen LogP contribution < -0.4 is 4.74 Å². The summed E-state index contributed by atoms with van der Waals surface area (Å²) in [4.78, 5) is 12.1. The van der Waals surface area contributed by atoms with Crippen LogP contribution in [-0.2, 0) is 12.8 Å². The Kier molecular flexibility index (Phi) is 2.23. The van der Waals surface area contributed by atoms with Gasteiger partial charge in [0.1, 0.15) is 5.75 Å². The molecule has 84 valence electrons.